The first-order valence-electron chi connectivity index (χ1n) is 3.22. The van der Waals surface area contributed by atoms with Crippen molar-refractivity contribution in [2.24, 2.45) is 0 Å². The highest BCUT2D eigenvalue weighted by molar-refractivity contribution is 7.51. The quantitative estimate of drug-likeness (QED) is 0.655. The van der Waals surface area contributed by atoms with E-state index in [0.717, 1.165) is 11.3 Å². The Kier molecular flexibility index (Phi) is 5.73. The number of benzene rings is 1. The monoisotopic (exact) mass is 185 g/mol. The molecular weight excluding hydrogens is 174 g/mol. The molecule has 0 saturated carbocycles. The number of nitrogens with two attached hydrogens (primary N) is 1. The summed E-state index contributed by atoms with van der Waals surface area (Å²) in [5.41, 5.74) is 7.34. The van der Waals surface area contributed by atoms with E-state index < -0.39 is 11.6 Å². The number of rotatable bonds is 1. The van der Waals surface area contributed by atoms with Crippen molar-refractivity contribution >= 4 is 23.3 Å². The van der Waals surface area contributed by atoms with Crippen LogP contribution in [0, 0.1) is 0 Å². The number of anilines is 1. The third kappa shape index (κ3) is 4.51. The highest BCUT2D eigenvalue weighted by Gasteiger charge is 1.83. The molecule has 3 nitrogen and oxygen atoms in total. The Hall–Kier alpha value is -1.29. The zero-order valence-electron chi connectivity index (χ0n) is 6.49. The maximum Gasteiger partial charge on any atom is 0.129 e. The van der Waals surface area contributed by atoms with Crippen LogP contribution in [0.2, 0.25) is 0 Å². The molecule has 0 aliphatic rings. The van der Waals surface area contributed by atoms with Crippen molar-refractivity contribution in [3.8, 4) is 0 Å². The molecular formula is C8H11NO2S. The SMILES string of the molecule is C=Cc1cccc(N)c1.O=[SH2]=O. The molecule has 0 bridgehead atoms. The summed E-state index contributed by atoms with van der Waals surface area (Å²) in [6.07, 6.45) is 1.77. The van der Waals surface area contributed by atoms with Crippen LogP contribution in [-0.4, -0.2) is 8.42 Å². The lowest BCUT2D eigenvalue weighted by atomic mass is 10.2. The highest BCUT2D eigenvalue weighted by Crippen LogP contribution is 2.06. The van der Waals surface area contributed by atoms with Crippen LogP contribution in [0.25, 0.3) is 6.08 Å². The zero-order valence-corrected chi connectivity index (χ0v) is 7.49. The van der Waals surface area contributed by atoms with Gasteiger partial charge in [-0.05, 0) is 17.7 Å². The molecule has 0 aliphatic heterocycles. The van der Waals surface area contributed by atoms with E-state index in [1.165, 1.54) is 0 Å². The van der Waals surface area contributed by atoms with Crippen LogP contribution >= 0.6 is 0 Å². The van der Waals surface area contributed by atoms with Gasteiger partial charge >= 0.3 is 0 Å². The predicted molar refractivity (Wildman–Crippen MR) is 52.7 cm³/mol. The van der Waals surface area contributed by atoms with Gasteiger partial charge in [0.2, 0.25) is 0 Å². The third-order valence-corrected chi connectivity index (χ3v) is 1.15. The Bertz CT molecular complexity index is 293. The van der Waals surface area contributed by atoms with E-state index in [0.29, 0.717) is 0 Å². The van der Waals surface area contributed by atoms with Crippen LogP contribution in [0.1, 0.15) is 5.56 Å². The number of hydrogen-bond acceptors (Lipinski definition) is 3. The summed E-state index contributed by atoms with van der Waals surface area (Å²) in [6.45, 7) is 3.62. The Morgan fingerprint density at radius 1 is 1.42 bits per heavy atom. The summed E-state index contributed by atoms with van der Waals surface area (Å²) >= 11 is -1.42. The first-order valence-corrected chi connectivity index (χ1v) is 4.03. The predicted octanol–water partition coefficient (Wildman–Crippen LogP) is 0.706. The fraction of sp³-hybridized carbons (Fsp3) is 0. The van der Waals surface area contributed by atoms with E-state index in [1.54, 1.807) is 6.08 Å². The summed E-state index contributed by atoms with van der Waals surface area (Å²) in [6, 6.07) is 7.61. The van der Waals surface area contributed by atoms with Gasteiger partial charge in [-0.1, -0.05) is 24.8 Å². The maximum absolute atomic E-state index is 8.40. The van der Waals surface area contributed by atoms with Gasteiger partial charge in [0, 0.05) is 5.69 Å². The van der Waals surface area contributed by atoms with Crippen LogP contribution in [0.3, 0.4) is 0 Å². The molecule has 2 N–H and O–H groups in total. The van der Waals surface area contributed by atoms with Gasteiger partial charge in [0.25, 0.3) is 0 Å². The first-order chi connectivity index (χ1) is 5.74. The number of hydrogen-bond donors (Lipinski definition) is 1. The van der Waals surface area contributed by atoms with Gasteiger partial charge < -0.3 is 5.73 Å². The third-order valence-electron chi connectivity index (χ3n) is 1.15. The fourth-order valence-corrected chi connectivity index (χ4v) is 0.686. The van der Waals surface area contributed by atoms with E-state index >= 15 is 0 Å². The van der Waals surface area contributed by atoms with Gasteiger partial charge in [0.05, 0.1) is 0 Å². The molecule has 0 fully saturated rings. The normalized spacial score (nSPS) is 8.00. The molecule has 0 unspecified atom stereocenters. The Morgan fingerprint density at radius 2 is 2.00 bits per heavy atom. The average molecular weight is 185 g/mol. The van der Waals surface area contributed by atoms with E-state index in [4.69, 9.17) is 14.2 Å². The van der Waals surface area contributed by atoms with Crippen LogP contribution in [0.4, 0.5) is 5.69 Å². The van der Waals surface area contributed by atoms with Crippen molar-refractivity contribution in [1.82, 2.24) is 0 Å². The Labute approximate surface area is 74.5 Å². The van der Waals surface area contributed by atoms with Crippen molar-refractivity contribution in [3.05, 3.63) is 36.4 Å². The molecule has 0 heterocycles. The lowest BCUT2D eigenvalue weighted by molar-refractivity contribution is 0.630. The van der Waals surface area contributed by atoms with Crippen LogP contribution in [-0.2, 0) is 11.6 Å². The molecule has 1 aromatic rings. The molecule has 0 aliphatic carbocycles. The largest absolute Gasteiger partial charge is 0.399 e. The van der Waals surface area contributed by atoms with Crippen molar-refractivity contribution in [3.63, 3.8) is 0 Å². The molecule has 0 atom stereocenters. The summed E-state index contributed by atoms with van der Waals surface area (Å²) in [5, 5.41) is 0. The Morgan fingerprint density at radius 3 is 2.33 bits per heavy atom. The maximum atomic E-state index is 8.40. The lowest BCUT2D eigenvalue weighted by Gasteiger charge is -1.92. The second kappa shape index (κ2) is 6.42. The van der Waals surface area contributed by atoms with Crippen LogP contribution < -0.4 is 5.73 Å². The minimum absolute atomic E-state index is 0.785. The summed E-state index contributed by atoms with van der Waals surface area (Å²) < 4.78 is 16.8. The minimum Gasteiger partial charge on any atom is -0.399 e. The van der Waals surface area contributed by atoms with E-state index in [2.05, 4.69) is 6.58 Å². The van der Waals surface area contributed by atoms with Crippen molar-refractivity contribution < 1.29 is 8.42 Å². The van der Waals surface area contributed by atoms with Crippen molar-refractivity contribution in [1.29, 1.82) is 0 Å². The minimum atomic E-state index is -1.42. The van der Waals surface area contributed by atoms with E-state index in [-0.39, 0.29) is 0 Å². The number of nitrogen functional groups attached to an aromatic ring is 1. The molecule has 12 heavy (non-hydrogen) atoms. The first kappa shape index (κ1) is 10.7. The molecule has 4 heteroatoms. The summed E-state index contributed by atoms with van der Waals surface area (Å²) in [4.78, 5) is 0. The van der Waals surface area contributed by atoms with Crippen LogP contribution in [0.15, 0.2) is 30.8 Å². The fourth-order valence-electron chi connectivity index (χ4n) is 0.686. The van der Waals surface area contributed by atoms with Gasteiger partial charge in [-0.15, -0.1) is 0 Å². The second-order valence-corrected chi connectivity index (χ2v) is 2.12. The van der Waals surface area contributed by atoms with Gasteiger partial charge in [-0.3, -0.25) is 0 Å². The molecule has 1 rings (SSSR count). The van der Waals surface area contributed by atoms with Crippen LogP contribution in [0.5, 0.6) is 0 Å². The average Bonchev–Trinajstić information content (AvgIpc) is 2.06. The highest BCUT2D eigenvalue weighted by atomic mass is 32.1. The molecule has 0 amide bonds. The van der Waals surface area contributed by atoms with Gasteiger partial charge in [-0.25, -0.2) is 8.42 Å². The second-order valence-electron chi connectivity index (χ2n) is 1.96. The lowest BCUT2D eigenvalue weighted by Crippen LogP contribution is -1.82. The standard InChI is InChI=1S/C8H9N.H2O2S/c1-2-7-4-3-5-8(9)6-7;1-3-2/h2-6H,1,9H2;3H2. The topological polar surface area (TPSA) is 60.2 Å². The Balaban J connectivity index is 0.000000354. The summed E-state index contributed by atoms with van der Waals surface area (Å²) in [5.74, 6) is 0. The van der Waals surface area contributed by atoms with Gasteiger partial charge in [0.1, 0.15) is 11.6 Å². The zero-order chi connectivity index (χ0) is 9.40. The van der Waals surface area contributed by atoms with Gasteiger partial charge in [0.15, 0.2) is 0 Å². The van der Waals surface area contributed by atoms with E-state index in [9.17, 15) is 0 Å². The summed E-state index contributed by atoms with van der Waals surface area (Å²) in [7, 11) is 0. The molecule has 0 saturated heterocycles. The molecule has 1 aromatic carbocycles. The van der Waals surface area contributed by atoms with Gasteiger partial charge in [-0.2, -0.15) is 0 Å². The van der Waals surface area contributed by atoms with E-state index in [1.807, 2.05) is 24.3 Å². The van der Waals surface area contributed by atoms with Crippen molar-refractivity contribution in [2.75, 3.05) is 5.73 Å². The molecule has 66 valence electrons. The molecule has 0 radical (unpaired) electrons. The molecule has 0 aromatic heterocycles. The van der Waals surface area contributed by atoms with Crippen molar-refractivity contribution in [2.45, 2.75) is 0 Å². The molecule has 0 spiro atoms. The smallest absolute Gasteiger partial charge is 0.129 e.